The Kier molecular flexibility index (Phi) is 4.90. The monoisotopic (exact) mass is 504 g/mol. The van der Waals surface area contributed by atoms with Crippen molar-refractivity contribution >= 4 is 5.97 Å². The van der Waals surface area contributed by atoms with Gasteiger partial charge in [-0.25, -0.2) is 0 Å². The molecule has 0 aromatic carbocycles. The Morgan fingerprint density at radius 2 is 1.89 bits per heavy atom. The molecule has 4 bridgehead atoms. The van der Waals surface area contributed by atoms with Crippen LogP contribution in [-0.4, -0.2) is 71.0 Å². The Bertz CT molecular complexity index is 1010. The van der Waals surface area contributed by atoms with Gasteiger partial charge >= 0.3 is 5.97 Å². The molecule has 2 N–H and O–H groups in total. The number of carbonyl (C=O) groups excluding carboxylic acids is 1. The summed E-state index contributed by atoms with van der Waals surface area (Å²) >= 11 is 0. The van der Waals surface area contributed by atoms with Gasteiger partial charge in [-0.1, -0.05) is 18.6 Å². The molecule has 3 aliphatic heterocycles. The van der Waals surface area contributed by atoms with Crippen molar-refractivity contribution < 1.29 is 38.7 Å². The zero-order chi connectivity index (χ0) is 25.3. The van der Waals surface area contributed by atoms with Gasteiger partial charge in [-0.2, -0.15) is 0 Å². The number of hydrogen-bond acceptors (Lipinski definition) is 8. The second kappa shape index (κ2) is 7.33. The highest BCUT2D eigenvalue weighted by molar-refractivity contribution is 5.85. The molecule has 8 nitrogen and oxygen atoms in total. The van der Waals surface area contributed by atoms with E-state index in [2.05, 4.69) is 13.0 Å². The van der Waals surface area contributed by atoms with E-state index in [0.29, 0.717) is 12.8 Å². The Morgan fingerprint density at radius 1 is 1.11 bits per heavy atom. The molecule has 12 atom stereocenters. The van der Waals surface area contributed by atoms with Gasteiger partial charge in [-0.15, -0.1) is 0 Å². The molecule has 0 aromatic rings. The summed E-state index contributed by atoms with van der Waals surface area (Å²) < 4.78 is 30.3. The normalized spacial score (nSPS) is 59.1. The first-order chi connectivity index (χ1) is 17.0. The van der Waals surface area contributed by atoms with Crippen molar-refractivity contribution in [2.24, 2.45) is 22.7 Å². The molecule has 36 heavy (non-hydrogen) atoms. The highest BCUT2D eigenvalue weighted by Crippen LogP contribution is 2.79. The molecule has 3 saturated heterocycles. The Hall–Kier alpha value is -1.03. The summed E-state index contributed by atoms with van der Waals surface area (Å²) in [5.74, 6) is -0.979. The minimum atomic E-state index is -1.08. The standard InChI is InChI=1S/C28H40O8/c1-15-22(29)18(32-4)14-21(33-15)34-17-6-9-24(2)16(13-17)5-11-27(31)19(24)7-10-26-20-8-12-28(26,27)36-25(20,3)35-23(26)30/h5,15,17-22,29,31H,6-14H2,1-4H3/t15-,17-,18-,19+,20+,21-,22-,24-,25-,26+,27+,28+/m0/s1. The van der Waals surface area contributed by atoms with E-state index in [1.165, 1.54) is 5.57 Å². The van der Waals surface area contributed by atoms with Crippen LogP contribution in [0.2, 0.25) is 0 Å². The molecular weight excluding hydrogens is 464 g/mol. The molecule has 3 saturated carbocycles. The van der Waals surface area contributed by atoms with Gasteiger partial charge in [0.15, 0.2) is 6.29 Å². The van der Waals surface area contributed by atoms with E-state index in [1.807, 2.05) is 13.8 Å². The molecule has 0 aromatic heterocycles. The van der Waals surface area contributed by atoms with Crippen molar-refractivity contribution in [3.63, 3.8) is 0 Å². The maximum Gasteiger partial charge on any atom is 0.318 e. The SMILES string of the molecule is CO[C@H]1C[C@H](O[C@H]2CC[C@@]3(C)C(=CC[C@@]4(O)[C@@H]3CC[C@@]35C(=O)O[C@@]6(C)O[C@@]43CC[C@H]65)C2)O[C@@H](C)[C@@H]1O. The van der Waals surface area contributed by atoms with Crippen molar-refractivity contribution in [2.45, 2.75) is 126 Å². The Morgan fingerprint density at radius 3 is 2.67 bits per heavy atom. The minimum Gasteiger partial charge on any atom is -0.432 e. The van der Waals surface area contributed by atoms with E-state index < -0.39 is 34.8 Å². The zero-order valence-corrected chi connectivity index (χ0v) is 21.8. The number of esters is 1. The maximum absolute atomic E-state index is 13.3. The molecule has 0 unspecified atom stereocenters. The molecule has 0 radical (unpaired) electrons. The van der Waals surface area contributed by atoms with E-state index in [9.17, 15) is 15.0 Å². The van der Waals surface area contributed by atoms with E-state index in [-0.39, 0.29) is 41.5 Å². The number of aliphatic hydroxyl groups excluding tert-OH is 1. The summed E-state index contributed by atoms with van der Waals surface area (Å²) in [6.45, 7) is 6.05. The van der Waals surface area contributed by atoms with Gasteiger partial charge in [-0.3, -0.25) is 4.79 Å². The van der Waals surface area contributed by atoms with Gasteiger partial charge in [0.25, 0.3) is 0 Å². The third-order valence-electron chi connectivity index (χ3n) is 11.8. The fraction of sp³-hybridized carbons (Fsp3) is 0.893. The second-order valence-electron chi connectivity index (χ2n) is 13.0. The first-order valence-electron chi connectivity index (χ1n) is 13.9. The van der Waals surface area contributed by atoms with Crippen LogP contribution in [0.25, 0.3) is 0 Å². The number of fused-ring (bicyclic) bond motifs is 3. The molecule has 4 aliphatic carbocycles. The summed E-state index contributed by atoms with van der Waals surface area (Å²) in [4.78, 5) is 13.3. The Balaban J connectivity index is 1.15. The topological polar surface area (TPSA) is 104 Å². The number of aliphatic hydroxyl groups is 2. The van der Waals surface area contributed by atoms with Gasteiger partial charge in [0.2, 0.25) is 5.79 Å². The molecule has 3 heterocycles. The fourth-order valence-corrected chi connectivity index (χ4v) is 10.1. The van der Waals surface area contributed by atoms with Crippen LogP contribution in [0.4, 0.5) is 0 Å². The second-order valence-corrected chi connectivity index (χ2v) is 13.0. The summed E-state index contributed by atoms with van der Waals surface area (Å²) in [5, 5.41) is 22.8. The van der Waals surface area contributed by atoms with Crippen LogP contribution in [0.3, 0.4) is 0 Å². The lowest BCUT2D eigenvalue weighted by atomic mass is 9.44. The molecule has 7 aliphatic rings. The minimum absolute atomic E-state index is 0.0251. The van der Waals surface area contributed by atoms with Crippen LogP contribution in [-0.2, 0) is 28.5 Å². The van der Waals surface area contributed by atoms with E-state index in [4.69, 9.17) is 23.7 Å². The molecule has 7 rings (SSSR count). The third-order valence-corrected chi connectivity index (χ3v) is 11.8. The molecule has 1 spiro atoms. The van der Waals surface area contributed by atoms with Crippen LogP contribution < -0.4 is 0 Å². The van der Waals surface area contributed by atoms with Crippen LogP contribution in [0, 0.1) is 22.7 Å². The van der Waals surface area contributed by atoms with Crippen LogP contribution >= 0.6 is 0 Å². The first kappa shape index (κ1) is 24.0. The smallest absolute Gasteiger partial charge is 0.318 e. The number of carbonyl (C=O) groups is 1. The summed E-state index contributed by atoms with van der Waals surface area (Å²) in [6, 6.07) is 0. The van der Waals surface area contributed by atoms with Crippen LogP contribution in [0.15, 0.2) is 11.6 Å². The fourth-order valence-electron chi connectivity index (χ4n) is 10.1. The predicted molar refractivity (Wildman–Crippen MR) is 126 cm³/mol. The van der Waals surface area contributed by atoms with Gasteiger partial charge in [0, 0.05) is 26.4 Å². The van der Waals surface area contributed by atoms with Crippen molar-refractivity contribution in [3.8, 4) is 0 Å². The zero-order valence-electron chi connectivity index (χ0n) is 21.8. The number of hydrogen-bond donors (Lipinski definition) is 2. The third kappa shape index (κ3) is 2.59. The van der Waals surface area contributed by atoms with Crippen molar-refractivity contribution in [1.82, 2.24) is 0 Å². The molecular formula is C28H40O8. The van der Waals surface area contributed by atoms with Crippen molar-refractivity contribution in [2.75, 3.05) is 7.11 Å². The van der Waals surface area contributed by atoms with Gasteiger partial charge in [0.05, 0.1) is 18.3 Å². The molecule has 200 valence electrons. The van der Waals surface area contributed by atoms with Gasteiger partial charge < -0.3 is 33.9 Å². The van der Waals surface area contributed by atoms with Gasteiger partial charge in [-0.05, 0) is 69.6 Å². The van der Waals surface area contributed by atoms with Gasteiger partial charge in [0.1, 0.15) is 22.7 Å². The number of methoxy groups -OCH3 is 1. The van der Waals surface area contributed by atoms with Crippen molar-refractivity contribution in [3.05, 3.63) is 11.6 Å². The maximum atomic E-state index is 13.3. The molecule has 6 fully saturated rings. The summed E-state index contributed by atoms with van der Waals surface area (Å²) in [7, 11) is 1.61. The van der Waals surface area contributed by atoms with Crippen molar-refractivity contribution in [1.29, 1.82) is 0 Å². The van der Waals surface area contributed by atoms with E-state index in [0.717, 1.165) is 44.9 Å². The number of ether oxygens (including phenoxy) is 5. The number of rotatable bonds is 3. The molecule has 8 heteroatoms. The molecule has 0 amide bonds. The lowest BCUT2D eigenvalue weighted by Crippen LogP contribution is -2.73. The quantitative estimate of drug-likeness (QED) is 0.447. The summed E-state index contributed by atoms with van der Waals surface area (Å²) in [6.07, 6.45) is 7.29. The average Bonchev–Trinajstić information content (AvgIpc) is 3.37. The van der Waals surface area contributed by atoms with E-state index in [1.54, 1.807) is 7.11 Å². The highest BCUT2D eigenvalue weighted by Gasteiger charge is 2.89. The lowest BCUT2D eigenvalue weighted by Gasteiger charge is -2.65. The highest BCUT2D eigenvalue weighted by atomic mass is 16.8. The largest absolute Gasteiger partial charge is 0.432 e. The Labute approximate surface area is 212 Å². The first-order valence-corrected chi connectivity index (χ1v) is 13.9. The lowest BCUT2D eigenvalue weighted by molar-refractivity contribution is -0.344. The van der Waals surface area contributed by atoms with Crippen LogP contribution in [0.1, 0.15) is 78.6 Å². The van der Waals surface area contributed by atoms with Crippen LogP contribution in [0.5, 0.6) is 0 Å². The summed E-state index contributed by atoms with van der Waals surface area (Å²) in [5.41, 5.74) is -1.44. The van der Waals surface area contributed by atoms with E-state index >= 15 is 0 Å². The average molecular weight is 505 g/mol. The predicted octanol–water partition coefficient (Wildman–Crippen LogP) is 2.98.